The van der Waals surface area contributed by atoms with E-state index in [-0.39, 0.29) is 23.0 Å². The van der Waals surface area contributed by atoms with Crippen molar-refractivity contribution >= 4 is 9.84 Å². The normalized spacial score (nSPS) is 22.7. The zero-order chi connectivity index (χ0) is 10.1. The molecule has 0 aromatic carbocycles. The van der Waals surface area contributed by atoms with E-state index in [9.17, 15) is 13.5 Å². The van der Waals surface area contributed by atoms with Gasteiger partial charge in [0.1, 0.15) is 9.84 Å². The highest BCUT2D eigenvalue weighted by molar-refractivity contribution is 7.91. The van der Waals surface area contributed by atoms with Gasteiger partial charge in [-0.2, -0.15) is 0 Å². The molecule has 1 unspecified atom stereocenters. The maximum Gasteiger partial charge on any atom is 0.150 e. The lowest BCUT2D eigenvalue weighted by molar-refractivity contribution is 0.108. The second kappa shape index (κ2) is 3.58. The first-order valence-corrected chi connectivity index (χ1v) is 6.62. The molecule has 0 heterocycles. The summed E-state index contributed by atoms with van der Waals surface area (Å²) in [5.74, 6) is 0.442. The van der Waals surface area contributed by atoms with E-state index < -0.39 is 9.84 Å². The third-order valence-corrected chi connectivity index (χ3v) is 4.84. The fraction of sp³-hybridized carbons (Fsp3) is 1.00. The molecule has 3 nitrogen and oxygen atoms in total. The van der Waals surface area contributed by atoms with Gasteiger partial charge in [-0.25, -0.2) is 8.42 Å². The van der Waals surface area contributed by atoms with Crippen LogP contribution in [0.3, 0.4) is 0 Å². The molecule has 1 N–H and O–H groups in total. The fourth-order valence-electron chi connectivity index (χ4n) is 1.54. The quantitative estimate of drug-likeness (QED) is 0.729. The summed E-state index contributed by atoms with van der Waals surface area (Å²) in [6.45, 7) is 3.42. The molecular weight excluding hydrogens is 188 g/mol. The van der Waals surface area contributed by atoms with Gasteiger partial charge in [0.05, 0.1) is 11.9 Å². The number of sulfone groups is 1. The molecule has 0 aliphatic heterocycles. The Hall–Kier alpha value is -0.0900. The van der Waals surface area contributed by atoms with Crippen molar-refractivity contribution in [2.24, 2.45) is 5.41 Å². The molecule has 0 amide bonds. The SMILES string of the molecule is CCS(=O)(=O)CCC1(C(C)O)CC1. The molecule has 78 valence electrons. The summed E-state index contributed by atoms with van der Waals surface area (Å²) in [6.07, 6.45) is 2.22. The summed E-state index contributed by atoms with van der Waals surface area (Å²) < 4.78 is 22.4. The number of aliphatic hydroxyl groups is 1. The van der Waals surface area contributed by atoms with Crippen molar-refractivity contribution in [3.63, 3.8) is 0 Å². The van der Waals surface area contributed by atoms with Crippen molar-refractivity contribution in [1.29, 1.82) is 0 Å². The van der Waals surface area contributed by atoms with Crippen LogP contribution in [0.4, 0.5) is 0 Å². The van der Waals surface area contributed by atoms with Gasteiger partial charge in [0, 0.05) is 5.75 Å². The molecule has 1 fully saturated rings. The predicted octanol–water partition coefficient (Wildman–Crippen LogP) is 0.972. The van der Waals surface area contributed by atoms with Crippen LogP contribution in [-0.2, 0) is 9.84 Å². The van der Waals surface area contributed by atoms with Crippen LogP contribution in [0, 0.1) is 5.41 Å². The van der Waals surface area contributed by atoms with Gasteiger partial charge in [-0.3, -0.25) is 0 Å². The maximum absolute atomic E-state index is 11.2. The minimum absolute atomic E-state index is 0.0672. The Labute approximate surface area is 80.1 Å². The molecule has 0 bridgehead atoms. The first-order chi connectivity index (χ1) is 5.92. The average Bonchev–Trinajstić information content (AvgIpc) is 2.82. The lowest BCUT2D eigenvalue weighted by atomic mass is 9.98. The second-order valence-corrected chi connectivity index (χ2v) is 6.50. The number of hydrogen-bond acceptors (Lipinski definition) is 3. The Balaban J connectivity index is 2.44. The van der Waals surface area contributed by atoms with Gasteiger partial charge in [-0.1, -0.05) is 6.92 Å². The Bertz CT molecular complexity index is 263. The number of aliphatic hydroxyl groups excluding tert-OH is 1. The van der Waals surface area contributed by atoms with Crippen LogP contribution in [0.25, 0.3) is 0 Å². The summed E-state index contributed by atoms with van der Waals surface area (Å²) in [7, 11) is -2.86. The van der Waals surface area contributed by atoms with Crippen LogP contribution in [0.5, 0.6) is 0 Å². The van der Waals surface area contributed by atoms with E-state index >= 15 is 0 Å². The molecule has 0 spiro atoms. The van der Waals surface area contributed by atoms with E-state index in [1.165, 1.54) is 0 Å². The molecular formula is C9H18O3S. The standard InChI is InChI=1S/C9H18O3S/c1-3-13(11,12)7-6-9(4-5-9)8(2)10/h8,10H,3-7H2,1-2H3. The minimum Gasteiger partial charge on any atom is -0.393 e. The second-order valence-electron chi connectivity index (χ2n) is 4.02. The fourth-order valence-corrected chi connectivity index (χ4v) is 2.55. The van der Waals surface area contributed by atoms with Gasteiger partial charge < -0.3 is 5.11 Å². The predicted molar refractivity (Wildman–Crippen MR) is 52.3 cm³/mol. The average molecular weight is 206 g/mol. The highest BCUT2D eigenvalue weighted by Crippen LogP contribution is 2.51. The van der Waals surface area contributed by atoms with Gasteiger partial charge in [-0.15, -0.1) is 0 Å². The van der Waals surface area contributed by atoms with Crippen LogP contribution in [0.15, 0.2) is 0 Å². The zero-order valence-corrected chi connectivity index (χ0v) is 9.10. The van der Waals surface area contributed by atoms with Gasteiger partial charge in [-0.05, 0) is 31.6 Å². The Morgan fingerprint density at radius 1 is 1.46 bits per heavy atom. The van der Waals surface area contributed by atoms with E-state index in [1.54, 1.807) is 13.8 Å². The number of hydrogen-bond donors (Lipinski definition) is 1. The first kappa shape index (κ1) is 11.0. The van der Waals surface area contributed by atoms with Crippen LogP contribution < -0.4 is 0 Å². The summed E-state index contributed by atoms with van der Waals surface area (Å²) in [6, 6.07) is 0. The molecule has 1 rings (SSSR count). The van der Waals surface area contributed by atoms with E-state index in [0.717, 1.165) is 12.8 Å². The highest BCUT2D eigenvalue weighted by atomic mass is 32.2. The van der Waals surface area contributed by atoms with Crippen LogP contribution in [-0.4, -0.2) is 31.1 Å². The summed E-state index contributed by atoms with van der Waals surface area (Å²) >= 11 is 0. The first-order valence-electron chi connectivity index (χ1n) is 4.80. The largest absolute Gasteiger partial charge is 0.393 e. The topological polar surface area (TPSA) is 54.4 Å². The lowest BCUT2D eigenvalue weighted by Crippen LogP contribution is -2.22. The van der Waals surface area contributed by atoms with Crippen LogP contribution >= 0.6 is 0 Å². The molecule has 1 aliphatic rings. The van der Waals surface area contributed by atoms with E-state index in [4.69, 9.17) is 0 Å². The molecule has 0 aromatic heterocycles. The summed E-state index contributed by atoms with van der Waals surface area (Å²) in [5.41, 5.74) is -0.0672. The zero-order valence-electron chi connectivity index (χ0n) is 8.28. The molecule has 4 heteroatoms. The molecule has 1 atom stereocenters. The van der Waals surface area contributed by atoms with E-state index in [0.29, 0.717) is 6.42 Å². The van der Waals surface area contributed by atoms with Crippen molar-refractivity contribution in [2.45, 2.75) is 39.2 Å². The summed E-state index contributed by atoms with van der Waals surface area (Å²) in [4.78, 5) is 0. The smallest absolute Gasteiger partial charge is 0.150 e. The highest BCUT2D eigenvalue weighted by Gasteiger charge is 2.46. The Kier molecular flexibility index (Phi) is 3.02. The third kappa shape index (κ3) is 2.68. The van der Waals surface area contributed by atoms with Gasteiger partial charge in [0.2, 0.25) is 0 Å². The van der Waals surface area contributed by atoms with Gasteiger partial charge in [0.25, 0.3) is 0 Å². The van der Waals surface area contributed by atoms with E-state index in [2.05, 4.69) is 0 Å². The van der Waals surface area contributed by atoms with Gasteiger partial charge >= 0.3 is 0 Å². The monoisotopic (exact) mass is 206 g/mol. The molecule has 0 saturated heterocycles. The Morgan fingerprint density at radius 3 is 2.31 bits per heavy atom. The van der Waals surface area contributed by atoms with Crippen molar-refractivity contribution in [2.75, 3.05) is 11.5 Å². The molecule has 0 radical (unpaired) electrons. The number of rotatable bonds is 5. The van der Waals surface area contributed by atoms with Crippen LogP contribution in [0.1, 0.15) is 33.1 Å². The maximum atomic E-state index is 11.2. The van der Waals surface area contributed by atoms with Crippen molar-refractivity contribution < 1.29 is 13.5 Å². The molecule has 13 heavy (non-hydrogen) atoms. The lowest BCUT2D eigenvalue weighted by Gasteiger charge is -2.17. The van der Waals surface area contributed by atoms with Gasteiger partial charge in [0.15, 0.2) is 0 Å². The molecule has 0 aromatic rings. The van der Waals surface area contributed by atoms with Crippen molar-refractivity contribution in [1.82, 2.24) is 0 Å². The Morgan fingerprint density at radius 2 is 2.00 bits per heavy atom. The summed E-state index contributed by atoms with van der Waals surface area (Å²) in [5, 5.41) is 9.42. The van der Waals surface area contributed by atoms with Crippen molar-refractivity contribution in [3.8, 4) is 0 Å². The van der Waals surface area contributed by atoms with Crippen molar-refractivity contribution in [3.05, 3.63) is 0 Å². The third-order valence-electron chi connectivity index (χ3n) is 3.13. The molecule has 1 aliphatic carbocycles. The van der Waals surface area contributed by atoms with E-state index in [1.807, 2.05) is 0 Å². The molecule has 1 saturated carbocycles. The van der Waals surface area contributed by atoms with Crippen LogP contribution in [0.2, 0.25) is 0 Å². The minimum atomic E-state index is -2.86.